The maximum absolute atomic E-state index is 9.94. The lowest BCUT2D eigenvalue weighted by Crippen LogP contribution is -2.34. The van der Waals surface area contributed by atoms with Gasteiger partial charge in [-0.2, -0.15) is 0 Å². The molecule has 1 unspecified atom stereocenters. The summed E-state index contributed by atoms with van der Waals surface area (Å²) in [5.41, 5.74) is 1.96. The lowest BCUT2D eigenvalue weighted by atomic mass is 9.89. The van der Waals surface area contributed by atoms with Crippen molar-refractivity contribution in [2.24, 2.45) is 0 Å². The molecule has 0 aliphatic carbocycles. The van der Waals surface area contributed by atoms with Gasteiger partial charge in [0.2, 0.25) is 0 Å². The van der Waals surface area contributed by atoms with Gasteiger partial charge in [0.05, 0.1) is 5.60 Å². The number of aryl methyl sites for hydroxylation is 1. The number of piperidine rings is 1. The van der Waals surface area contributed by atoms with E-state index in [4.69, 9.17) is 0 Å². The Labute approximate surface area is 143 Å². The van der Waals surface area contributed by atoms with Crippen molar-refractivity contribution in [3.8, 4) is 0 Å². The van der Waals surface area contributed by atoms with Crippen LogP contribution in [0.4, 0.5) is 5.13 Å². The predicted octanol–water partition coefficient (Wildman–Crippen LogP) is 4.15. The zero-order valence-electron chi connectivity index (χ0n) is 14.2. The molecule has 0 radical (unpaired) electrons. The summed E-state index contributed by atoms with van der Waals surface area (Å²) in [6.45, 7) is 7.99. The van der Waals surface area contributed by atoms with Crippen molar-refractivity contribution < 1.29 is 5.11 Å². The first-order chi connectivity index (χ1) is 10.9. The summed E-state index contributed by atoms with van der Waals surface area (Å²) in [6, 6.07) is 8.81. The topological polar surface area (TPSA) is 36.4 Å². The molecule has 1 saturated heterocycles. The van der Waals surface area contributed by atoms with E-state index in [1.807, 2.05) is 20.0 Å². The Kier molecular flexibility index (Phi) is 4.74. The average Bonchev–Trinajstić information content (AvgIpc) is 2.93. The quantitative estimate of drug-likeness (QED) is 0.915. The van der Waals surface area contributed by atoms with E-state index in [-0.39, 0.29) is 0 Å². The van der Waals surface area contributed by atoms with E-state index in [1.54, 1.807) is 11.3 Å². The van der Waals surface area contributed by atoms with Crippen LogP contribution in [0.2, 0.25) is 0 Å². The van der Waals surface area contributed by atoms with E-state index >= 15 is 0 Å². The third-order valence-electron chi connectivity index (χ3n) is 4.39. The standard InChI is InChI=1S/C19H26N2OS/c1-14-12-20-18(23-14)21-10-4-5-17(13-21)16-8-6-15(7-9-16)11-19(2,3)22/h6-9,12,17,22H,4-5,10-11,13H2,1-3H3. The molecule has 1 atom stereocenters. The Morgan fingerprint density at radius 1 is 1.30 bits per heavy atom. The van der Waals surface area contributed by atoms with Crippen LogP contribution in [0.25, 0.3) is 0 Å². The fourth-order valence-electron chi connectivity index (χ4n) is 3.32. The number of benzene rings is 1. The number of hydrogen-bond acceptors (Lipinski definition) is 4. The van der Waals surface area contributed by atoms with Gasteiger partial charge in [-0.1, -0.05) is 24.3 Å². The van der Waals surface area contributed by atoms with E-state index in [9.17, 15) is 5.11 Å². The van der Waals surface area contributed by atoms with Crippen LogP contribution in [-0.4, -0.2) is 28.8 Å². The molecule has 0 amide bonds. The van der Waals surface area contributed by atoms with Gasteiger partial charge in [0.25, 0.3) is 0 Å². The second-order valence-electron chi connectivity index (χ2n) is 7.27. The van der Waals surface area contributed by atoms with Crippen molar-refractivity contribution in [1.29, 1.82) is 0 Å². The fraction of sp³-hybridized carbons (Fsp3) is 0.526. The molecule has 1 N–H and O–H groups in total. The highest BCUT2D eigenvalue weighted by atomic mass is 32.1. The number of thiazole rings is 1. The number of hydrogen-bond donors (Lipinski definition) is 1. The zero-order valence-corrected chi connectivity index (χ0v) is 15.1. The molecule has 2 heterocycles. The van der Waals surface area contributed by atoms with Crippen LogP contribution in [0.15, 0.2) is 30.5 Å². The smallest absolute Gasteiger partial charge is 0.185 e. The van der Waals surface area contributed by atoms with Gasteiger partial charge in [0.15, 0.2) is 5.13 Å². The minimum Gasteiger partial charge on any atom is -0.390 e. The van der Waals surface area contributed by atoms with Crippen LogP contribution < -0.4 is 4.90 Å². The molecule has 0 bridgehead atoms. The van der Waals surface area contributed by atoms with E-state index in [0.717, 1.165) is 18.2 Å². The van der Waals surface area contributed by atoms with E-state index in [0.29, 0.717) is 12.3 Å². The van der Waals surface area contributed by atoms with Gasteiger partial charge in [-0.25, -0.2) is 4.98 Å². The maximum Gasteiger partial charge on any atom is 0.185 e. The molecule has 1 aliphatic heterocycles. The molecule has 4 heteroatoms. The Bertz CT molecular complexity index is 642. The van der Waals surface area contributed by atoms with Crippen LogP contribution in [0, 0.1) is 6.92 Å². The minimum absolute atomic E-state index is 0.573. The average molecular weight is 330 g/mol. The summed E-state index contributed by atoms with van der Waals surface area (Å²) < 4.78 is 0. The summed E-state index contributed by atoms with van der Waals surface area (Å²) in [4.78, 5) is 8.24. The highest BCUT2D eigenvalue weighted by Crippen LogP contribution is 2.32. The van der Waals surface area contributed by atoms with Crippen LogP contribution >= 0.6 is 11.3 Å². The third-order valence-corrected chi connectivity index (χ3v) is 5.36. The van der Waals surface area contributed by atoms with Crippen molar-refractivity contribution in [3.05, 3.63) is 46.5 Å². The number of anilines is 1. The molecule has 0 saturated carbocycles. The Morgan fingerprint density at radius 2 is 2.04 bits per heavy atom. The first kappa shape index (κ1) is 16.5. The monoisotopic (exact) mass is 330 g/mol. The minimum atomic E-state index is -0.647. The van der Waals surface area contributed by atoms with Crippen LogP contribution in [0.3, 0.4) is 0 Å². The predicted molar refractivity (Wildman–Crippen MR) is 97.5 cm³/mol. The second-order valence-corrected chi connectivity index (χ2v) is 8.48. The van der Waals surface area contributed by atoms with Crippen molar-refractivity contribution in [2.45, 2.75) is 51.6 Å². The molecular weight excluding hydrogens is 304 g/mol. The first-order valence-corrected chi connectivity index (χ1v) is 9.21. The second kappa shape index (κ2) is 6.62. The highest BCUT2D eigenvalue weighted by Gasteiger charge is 2.23. The third kappa shape index (κ3) is 4.33. The van der Waals surface area contributed by atoms with Crippen LogP contribution in [0.1, 0.15) is 48.6 Å². The number of aliphatic hydroxyl groups is 1. The summed E-state index contributed by atoms with van der Waals surface area (Å²) in [7, 11) is 0. The Morgan fingerprint density at radius 3 is 2.65 bits per heavy atom. The first-order valence-electron chi connectivity index (χ1n) is 8.39. The molecular formula is C19H26N2OS. The van der Waals surface area contributed by atoms with E-state index in [1.165, 1.54) is 28.8 Å². The number of aromatic nitrogens is 1. The van der Waals surface area contributed by atoms with E-state index < -0.39 is 5.60 Å². The van der Waals surface area contributed by atoms with Crippen molar-refractivity contribution >= 4 is 16.5 Å². The lowest BCUT2D eigenvalue weighted by molar-refractivity contribution is 0.0810. The molecule has 124 valence electrons. The van der Waals surface area contributed by atoms with Gasteiger partial charge in [-0.15, -0.1) is 11.3 Å². The van der Waals surface area contributed by atoms with Crippen molar-refractivity contribution in [2.75, 3.05) is 18.0 Å². The SMILES string of the molecule is Cc1cnc(N2CCCC(c3ccc(CC(C)(C)O)cc3)C2)s1. The van der Waals surface area contributed by atoms with Gasteiger partial charge in [-0.3, -0.25) is 0 Å². The number of rotatable bonds is 4. The van der Waals surface area contributed by atoms with Gasteiger partial charge < -0.3 is 10.0 Å². The summed E-state index contributed by atoms with van der Waals surface area (Å²) >= 11 is 1.79. The molecule has 1 aromatic heterocycles. The summed E-state index contributed by atoms with van der Waals surface area (Å²) in [5.74, 6) is 0.573. The molecule has 23 heavy (non-hydrogen) atoms. The molecule has 1 aromatic carbocycles. The van der Waals surface area contributed by atoms with Crippen molar-refractivity contribution in [3.63, 3.8) is 0 Å². The molecule has 1 fully saturated rings. The van der Waals surface area contributed by atoms with Crippen LogP contribution in [-0.2, 0) is 6.42 Å². The Balaban J connectivity index is 1.69. The number of nitrogens with zero attached hydrogens (tertiary/aromatic N) is 2. The maximum atomic E-state index is 9.94. The molecule has 3 rings (SSSR count). The van der Waals surface area contributed by atoms with Gasteiger partial charge in [0.1, 0.15) is 0 Å². The fourth-order valence-corrected chi connectivity index (χ4v) is 4.11. The highest BCUT2D eigenvalue weighted by molar-refractivity contribution is 7.15. The zero-order chi connectivity index (χ0) is 16.4. The normalized spacial score (nSPS) is 19.1. The van der Waals surface area contributed by atoms with Gasteiger partial charge in [0, 0.05) is 36.5 Å². The largest absolute Gasteiger partial charge is 0.390 e. The molecule has 1 aliphatic rings. The summed E-state index contributed by atoms with van der Waals surface area (Å²) in [6.07, 6.45) is 5.12. The molecule has 2 aromatic rings. The lowest BCUT2D eigenvalue weighted by Gasteiger charge is -2.33. The van der Waals surface area contributed by atoms with Gasteiger partial charge >= 0.3 is 0 Å². The molecule has 3 nitrogen and oxygen atoms in total. The van der Waals surface area contributed by atoms with Crippen molar-refractivity contribution in [1.82, 2.24) is 4.98 Å². The molecule has 0 spiro atoms. The summed E-state index contributed by atoms with van der Waals surface area (Å²) in [5, 5.41) is 11.1. The van der Waals surface area contributed by atoms with Gasteiger partial charge in [-0.05, 0) is 44.7 Å². The van der Waals surface area contributed by atoms with Crippen LogP contribution in [0.5, 0.6) is 0 Å². The van der Waals surface area contributed by atoms with E-state index in [2.05, 4.69) is 41.1 Å². The Hall–Kier alpha value is -1.39.